The summed E-state index contributed by atoms with van der Waals surface area (Å²) >= 11 is 0. The first-order valence-electron chi connectivity index (χ1n) is 10.7. The molecule has 2 aliphatic heterocycles. The smallest absolute Gasteiger partial charge is 0.223 e. The van der Waals surface area contributed by atoms with E-state index in [2.05, 4.69) is 16.8 Å². The van der Waals surface area contributed by atoms with Crippen molar-refractivity contribution in [2.45, 2.75) is 69.0 Å². The number of rotatable bonds is 2. The van der Waals surface area contributed by atoms with Gasteiger partial charge in [0.15, 0.2) is 0 Å². The van der Waals surface area contributed by atoms with Gasteiger partial charge in [-0.2, -0.15) is 0 Å². The van der Waals surface area contributed by atoms with Crippen molar-refractivity contribution in [2.75, 3.05) is 39.8 Å². The fourth-order valence-corrected chi connectivity index (χ4v) is 7.43. The van der Waals surface area contributed by atoms with E-state index < -0.39 is 5.60 Å². The van der Waals surface area contributed by atoms with Gasteiger partial charge in [0.1, 0.15) is 0 Å². The summed E-state index contributed by atoms with van der Waals surface area (Å²) in [7, 11) is 2.16. The predicted molar refractivity (Wildman–Crippen MR) is 98.7 cm³/mol. The highest BCUT2D eigenvalue weighted by Gasteiger charge is 2.57. The molecule has 146 valence electrons. The molecule has 4 bridgehead atoms. The maximum Gasteiger partial charge on any atom is 0.223 e. The van der Waals surface area contributed by atoms with Gasteiger partial charge in [0.25, 0.3) is 0 Å². The molecule has 4 saturated carbocycles. The number of aliphatic hydroxyl groups is 1. The van der Waals surface area contributed by atoms with E-state index in [0.717, 1.165) is 71.1 Å². The minimum atomic E-state index is -0.468. The number of likely N-dealkylation sites (tertiary alicyclic amines) is 1. The van der Waals surface area contributed by atoms with Crippen molar-refractivity contribution >= 4 is 5.91 Å². The van der Waals surface area contributed by atoms with Gasteiger partial charge in [0.2, 0.25) is 5.91 Å². The number of ether oxygens (including phenoxy) is 1. The van der Waals surface area contributed by atoms with Gasteiger partial charge >= 0.3 is 0 Å². The molecular formula is C21H34N2O3. The summed E-state index contributed by atoms with van der Waals surface area (Å²) in [5.41, 5.74) is -0.501. The second-order valence-corrected chi connectivity index (χ2v) is 10.5. The van der Waals surface area contributed by atoms with E-state index in [1.165, 1.54) is 6.42 Å². The Balaban J connectivity index is 1.27. The lowest BCUT2D eigenvalue weighted by Crippen LogP contribution is -2.59. The summed E-state index contributed by atoms with van der Waals surface area (Å²) < 4.78 is 6.18. The first-order chi connectivity index (χ1) is 12.4. The van der Waals surface area contributed by atoms with Crippen LogP contribution in [0.4, 0.5) is 0 Å². The Morgan fingerprint density at radius 2 is 1.81 bits per heavy atom. The number of hydrogen-bond donors (Lipinski definition) is 1. The van der Waals surface area contributed by atoms with E-state index >= 15 is 0 Å². The highest BCUT2D eigenvalue weighted by molar-refractivity contribution is 5.77. The van der Waals surface area contributed by atoms with E-state index in [9.17, 15) is 9.90 Å². The maximum atomic E-state index is 13.3. The first kappa shape index (κ1) is 17.4. The van der Waals surface area contributed by atoms with Gasteiger partial charge < -0.3 is 19.6 Å². The minimum Gasteiger partial charge on any atom is -0.390 e. The summed E-state index contributed by atoms with van der Waals surface area (Å²) in [5.74, 6) is 1.62. The molecule has 2 heterocycles. The zero-order chi connectivity index (χ0) is 18.0. The lowest BCUT2D eigenvalue weighted by atomic mass is 9.47. The van der Waals surface area contributed by atoms with Gasteiger partial charge in [0.05, 0.1) is 17.8 Å². The molecular weight excluding hydrogens is 328 g/mol. The summed E-state index contributed by atoms with van der Waals surface area (Å²) in [5, 5.41) is 11.0. The molecule has 6 rings (SSSR count). The Bertz CT molecular complexity index is 570. The topological polar surface area (TPSA) is 53.0 Å². The fraction of sp³-hybridized carbons (Fsp3) is 0.952. The van der Waals surface area contributed by atoms with Crippen LogP contribution in [-0.4, -0.2) is 71.8 Å². The highest BCUT2D eigenvalue weighted by atomic mass is 16.5. The summed E-state index contributed by atoms with van der Waals surface area (Å²) in [6.45, 7) is 4.30. The van der Waals surface area contributed by atoms with E-state index in [1.807, 2.05) is 0 Å². The third kappa shape index (κ3) is 3.00. The number of piperidine rings is 1. The SMILES string of the molecule is CN1CCC2(CC1)CN(C(=O)CC13CC4CC(CC(O)(C4)C1)C3)CCO2. The quantitative estimate of drug-likeness (QED) is 0.817. The second-order valence-electron chi connectivity index (χ2n) is 10.5. The Morgan fingerprint density at radius 3 is 2.46 bits per heavy atom. The van der Waals surface area contributed by atoms with Crippen molar-refractivity contribution in [2.24, 2.45) is 17.3 Å². The van der Waals surface area contributed by atoms with Gasteiger partial charge in [-0.15, -0.1) is 0 Å². The normalized spacial score (nSPS) is 44.6. The molecule has 1 amide bonds. The van der Waals surface area contributed by atoms with Crippen molar-refractivity contribution in [3.63, 3.8) is 0 Å². The Kier molecular flexibility index (Phi) is 3.97. The predicted octanol–water partition coefficient (Wildman–Crippen LogP) is 2.03. The standard InChI is InChI=1S/C21H34N2O3/c1-22-4-2-21(3-5-22)15-23(6-7-26-21)18(24)13-19-9-16-8-17(10-19)12-20(25,11-16)14-19/h16-17,25H,2-15H2,1H3. The zero-order valence-corrected chi connectivity index (χ0v) is 16.2. The average Bonchev–Trinajstić information content (AvgIpc) is 2.55. The van der Waals surface area contributed by atoms with Gasteiger partial charge in [-0.05, 0) is 75.7 Å². The molecule has 0 aromatic rings. The van der Waals surface area contributed by atoms with Crippen molar-refractivity contribution in [3.8, 4) is 0 Å². The number of nitrogens with zero attached hydrogens (tertiary/aromatic N) is 2. The van der Waals surface area contributed by atoms with Crippen LogP contribution in [-0.2, 0) is 9.53 Å². The molecule has 2 saturated heterocycles. The number of morpholine rings is 1. The fourth-order valence-electron chi connectivity index (χ4n) is 7.43. The van der Waals surface area contributed by atoms with E-state index in [4.69, 9.17) is 4.74 Å². The van der Waals surface area contributed by atoms with Crippen LogP contribution in [0.15, 0.2) is 0 Å². The third-order valence-corrected chi connectivity index (χ3v) is 8.18. The molecule has 0 aromatic carbocycles. The van der Waals surface area contributed by atoms with Crippen LogP contribution in [0.25, 0.3) is 0 Å². The number of carbonyl (C=O) groups is 1. The lowest BCUT2D eigenvalue weighted by Gasteiger charge is -2.60. The van der Waals surface area contributed by atoms with Crippen LogP contribution < -0.4 is 0 Å². The van der Waals surface area contributed by atoms with Crippen molar-refractivity contribution in [3.05, 3.63) is 0 Å². The number of carbonyl (C=O) groups excluding carboxylic acids is 1. The summed E-state index contributed by atoms with van der Waals surface area (Å²) in [6.07, 6.45) is 9.14. The zero-order valence-electron chi connectivity index (χ0n) is 16.2. The van der Waals surface area contributed by atoms with Gasteiger partial charge in [-0.1, -0.05) is 0 Å². The average molecular weight is 363 g/mol. The van der Waals surface area contributed by atoms with Crippen LogP contribution in [0.1, 0.15) is 57.8 Å². The molecule has 0 aromatic heterocycles. The molecule has 1 N–H and O–H groups in total. The second kappa shape index (κ2) is 5.92. The van der Waals surface area contributed by atoms with Gasteiger partial charge in [0, 0.05) is 32.6 Å². The van der Waals surface area contributed by atoms with Crippen molar-refractivity contribution in [1.82, 2.24) is 9.80 Å². The van der Waals surface area contributed by atoms with Crippen molar-refractivity contribution in [1.29, 1.82) is 0 Å². The Morgan fingerprint density at radius 1 is 1.12 bits per heavy atom. The van der Waals surface area contributed by atoms with E-state index in [1.54, 1.807) is 0 Å². The first-order valence-corrected chi connectivity index (χ1v) is 10.7. The maximum absolute atomic E-state index is 13.3. The summed E-state index contributed by atoms with van der Waals surface area (Å²) in [6, 6.07) is 0. The molecule has 6 aliphatic rings. The third-order valence-electron chi connectivity index (χ3n) is 8.18. The van der Waals surface area contributed by atoms with E-state index in [0.29, 0.717) is 30.8 Å². The van der Waals surface area contributed by atoms with E-state index in [-0.39, 0.29) is 11.0 Å². The number of hydrogen-bond acceptors (Lipinski definition) is 4. The summed E-state index contributed by atoms with van der Waals surface area (Å²) in [4.78, 5) is 17.7. The molecule has 2 atom stereocenters. The Hall–Kier alpha value is -0.650. The lowest BCUT2D eigenvalue weighted by molar-refractivity contribution is -0.179. The largest absolute Gasteiger partial charge is 0.390 e. The van der Waals surface area contributed by atoms with Crippen LogP contribution in [0.3, 0.4) is 0 Å². The molecule has 26 heavy (non-hydrogen) atoms. The van der Waals surface area contributed by atoms with Crippen LogP contribution in [0.5, 0.6) is 0 Å². The van der Waals surface area contributed by atoms with Gasteiger partial charge in [-0.25, -0.2) is 0 Å². The molecule has 5 nitrogen and oxygen atoms in total. The molecule has 6 fully saturated rings. The van der Waals surface area contributed by atoms with Crippen LogP contribution >= 0.6 is 0 Å². The van der Waals surface area contributed by atoms with Crippen LogP contribution in [0, 0.1) is 17.3 Å². The Labute approximate surface area is 157 Å². The van der Waals surface area contributed by atoms with Gasteiger partial charge in [-0.3, -0.25) is 4.79 Å². The molecule has 2 unspecified atom stereocenters. The van der Waals surface area contributed by atoms with Crippen molar-refractivity contribution < 1.29 is 14.6 Å². The molecule has 4 aliphatic carbocycles. The monoisotopic (exact) mass is 362 g/mol. The van der Waals surface area contributed by atoms with Crippen LogP contribution in [0.2, 0.25) is 0 Å². The number of amides is 1. The molecule has 1 spiro atoms. The minimum absolute atomic E-state index is 0.0775. The molecule has 5 heteroatoms. The molecule has 0 radical (unpaired) electrons. The highest BCUT2D eigenvalue weighted by Crippen LogP contribution is 2.62.